The van der Waals surface area contributed by atoms with Gasteiger partial charge in [0.05, 0.1) is 0 Å². The fraction of sp³-hybridized carbons (Fsp3) is 0.444. The Hall–Kier alpha value is -2.42. The molecule has 2 aromatic carbocycles. The molecular formula is C27H37IN6. The van der Waals surface area contributed by atoms with Crippen molar-refractivity contribution in [1.82, 2.24) is 25.4 Å². The lowest BCUT2D eigenvalue weighted by Crippen LogP contribution is -2.39. The number of nitrogens with one attached hydrogen (secondary N) is 2. The van der Waals surface area contributed by atoms with E-state index in [4.69, 9.17) is 4.99 Å². The van der Waals surface area contributed by atoms with E-state index in [1.165, 1.54) is 30.4 Å². The Labute approximate surface area is 220 Å². The molecule has 1 aliphatic heterocycles. The third kappa shape index (κ3) is 7.55. The molecule has 182 valence electrons. The van der Waals surface area contributed by atoms with Crippen LogP contribution in [0, 0.1) is 0 Å². The molecule has 2 N–H and O–H groups in total. The average molecular weight is 573 g/mol. The summed E-state index contributed by atoms with van der Waals surface area (Å²) >= 11 is 0. The minimum Gasteiger partial charge on any atom is -0.357 e. The number of hydrogen-bond donors (Lipinski definition) is 2. The van der Waals surface area contributed by atoms with Gasteiger partial charge in [-0.05, 0) is 37.3 Å². The van der Waals surface area contributed by atoms with Gasteiger partial charge in [0.25, 0.3) is 0 Å². The van der Waals surface area contributed by atoms with Crippen molar-refractivity contribution in [3.63, 3.8) is 0 Å². The van der Waals surface area contributed by atoms with Gasteiger partial charge in [-0.1, -0.05) is 67.1 Å². The number of guanidine groups is 1. The molecule has 0 saturated carbocycles. The molecule has 1 aliphatic rings. The molecule has 0 bridgehead atoms. The first-order valence-electron chi connectivity index (χ1n) is 12.4. The molecule has 1 atom stereocenters. The van der Waals surface area contributed by atoms with E-state index < -0.39 is 0 Å². The predicted octanol–water partition coefficient (Wildman–Crippen LogP) is 4.75. The lowest BCUT2D eigenvalue weighted by atomic mass is 9.92. The van der Waals surface area contributed by atoms with Gasteiger partial charge in [0.2, 0.25) is 0 Å². The van der Waals surface area contributed by atoms with Crippen LogP contribution in [0.2, 0.25) is 0 Å². The SMILES string of the molecule is CCNC(=NCC(Cc1ccccc1)c1ccccc1)NCCc1nnc2n1CCCCC2.I. The molecule has 3 aromatic rings. The molecule has 2 heterocycles. The molecular weight excluding hydrogens is 535 g/mol. The van der Waals surface area contributed by atoms with Crippen molar-refractivity contribution in [2.45, 2.75) is 57.9 Å². The van der Waals surface area contributed by atoms with Gasteiger partial charge in [-0.2, -0.15) is 0 Å². The van der Waals surface area contributed by atoms with Crippen molar-refractivity contribution in [2.24, 2.45) is 4.99 Å². The zero-order valence-corrected chi connectivity index (χ0v) is 22.4. The van der Waals surface area contributed by atoms with Crippen LogP contribution in [-0.2, 0) is 25.8 Å². The van der Waals surface area contributed by atoms with E-state index in [-0.39, 0.29) is 24.0 Å². The summed E-state index contributed by atoms with van der Waals surface area (Å²) in [5.74, 6) is 3.43. The number of aromatic nitrogens is 3. The Morgan fingerprint density at radius 1 is 0.971 bits per heavy atom. The minimum absolute atomic E-state index is 0. The van der Waals surface area contributed by atoms with E-state index in [0.29, 0.717) is 5.92 Å². The zero-order valence-electron chi connectivity index (χ0n) is 20.1. The average Bonchev–Trinajstić information content (AvgIpc) is 3.08. The van der Waals surface area contributed by atoms with Crippen LogP contribution >= 0.6 is 24.0 Å². The van der Waals surface area contributed by atoms with Crippen LogP contribution in [0.25, 0.3) is 0 Å². The first-order valence-corrected chi connectivity index (χ1v) is 12.4. The lowest BCUT2D eigenvalue weighted by Gasteiger charge is -2.17. The summed E-state index contributed by atoms with van der Waals surface area (Å²) in [6.07, 6.45) is 6.59. The van der Waals surface area contributed by atoms with Crippen molar-refractivity contribution in [2.75, 3.05) is 19.6 Å². The number of hydrogen-bond acceptors (Lipinski definition) is 3. The number of aliphatic imine (C=N–C) groups is 1. The summed E-state index contributed by atoms with van der Waals surface area (Å²) in [6, 6.07) is 21.4. The largest absolute Gasteiger partial charge is 0.357 e. The van der Waals surface area contributed by atoms with Gasteiger partial charge in [0.1, 0.15) is 11.6 Å². The summed E-state index contributed by atoms with van der Waals surface area (Å²) in [5.41, 5.74) is 2.67. The maximum absolute atomic E-state index is 4.96. The van der Waals surface area contributed by atoms with E-state index in [1.807, 2.05) is 0 Å². The highest BCUT2D eigenvalue weighted by Crippen LogP contribution is 2.21. The first kappa shape index (κ1) is 26.2. The number of nitrogens with zero attached hydrogens (tertiary/aromatic N) is 4. The van der Waals surface area contributed by atoms with Gasteiger partial charge in [-0.15, -0.1) is 34.2 Å². The van der Waals surface area contributed by atoms with E-state index in [1.54, 1.807) is 0 Å². The van der Waals surface area contributed by atoms with Crippen molar-refractivity contribution >= 4 is 29.9 Å². The number of halogens is 1. The molecule has 6 nitrogen and oxygen atoms in total. The van der Waals surface area contributed by atoms with Gasteiger partial charge in [0, 0.05) is 44.9 Å². The fourth-order valence-electron chi connectivity index (χ4n) is 4.48. The third-order valence-electron chi connectivity index (χ3n) is 6.24. The van der Waals surface area contributed by atoms with Crippen molar-refractivity contribution < 1.29 is 0 Å². The zero-order chi connectivity index (χ0) is 22.7. The molecule has 0 spiro atoms. The highest BCUT2D eigenvalue weighted by molar-refractivity contribution is 14.0. The topological polar surface area (TPSA) is 67.1 Å². The van der Waals surface area contributed by atoms with Crippen molar-refractivity contribution in [3.05, 3.63) is 83.4 Å². The van der Waals surface area contributed by atoms with E-state index in [9.17, 15) is 0 Å². The maximum Gasteiger partial charge on any atom is 0.191 e. The summed E-state index contributed by atoms with van der Waals surface area (Å²) in [5, 5.41) is 15.8. The predicted molar refractivity (Wildman–Crippen MR) is 150 cm³/mol. The van der Waals surface area contributed by atoms with Crippen LogP contribution in [0.1, 0.15) is 54.9 Å². The quantitative estimate of drug-likeness (QED) is 0.221. The van der Waals surface area contributed by atoms with Crippen molar-refractivity contribution in [3.8, 4) is 0 Å². The molecule has 1 aromatic heterocycles. The normalized spacial score (nSPS) is 14.4. The Kier molecular flexibility index (Phi) is 10.9. The standard InChI is InChI=1S/C27H36N6.HI/c1-2-28-27(29-18-17-26-32-31-25-16-10-5-11-19-33(25)26)30-21-24(23-14-8-4-9-15-23)20-22-12-6-3-7-13-22;/h3-4,6-9,12-15,24H,2,5,10-11,16-21H2,1H3,(H2,28,29,30);1H. The van der Waals surface area contributed by atoms with E-state index in [0.717, 1.165) is 63.0 Å². The molecule has 0 amide bonds. The molecule has 7 heteroatoms. The second kappa shape index (κ2) is 14.1. The fourth-order valence-corrected chi connectivity index (χ4v) is 4.48. The minimum atomic E-state index is 0. The molecule has 34 heavy (non-hydrogen) atoms. The van der Waals surface area contributed by atoms with Gasteiger partial charge in [0.15, 0.2) is 5.96 Å². The molecule has 0 saturated heterocycles. The van der Waals surface area contributed by atoms with Gasteiger partial charge < -0.3 is 15.2 Å². The Morgan fingerprint density at radius 2 is 1.74 bits per heavy atom. The van der Waals surface area contributed by atoms with Crippen LogP contribution in [0.3, 0.4) is 0 Å². The molecule has 1 unspecified atom stereocenters. The second-order valence-corrected chi connectivity index (χ2v) is 8.69. The highest BCUT2D eigenvalue weighted by Gasteiger charge is 2.15. The monoisotopic (exact) mass is 572 g/mol. The van der Waals surface area contributed by atoms with Gasteiger partial charge >= 0.3 is 0 Å². The Bertz CT molecular complexity index is 1000. The third-order valence-corrected chi connectivity index (χ3v) is 6.24. The molecule has 0 fully saturated rings. The smallest absolute Gasteiger partial charge is 0.191 e. The lowest BCUT2D eigenvalue weighted by molar-refractivity contribution is 0.600. The van der Waals surface area contributed by atoms with E-state index in [2.05, 4.69) is 93.0 Å². The maximum atomic E-state index is 4.96. The first-order chi connectivity index (χ1) is 16.3. The Balaban J connectivity index is 0.00000324. The summed E-state index contributed by atoms with van der Waals surface area (Å²) in [4.78, 5) is 4.96. The molecule has 0 radical (unpaired) electrons. The van der Waals surface area contributed by atoms with Crippen LogP contribution in [0.4, 0.5) is 0 Å². The van der Waals surface area contributed by atoms with Crippen molar-refractivity contribution in [1.29, 1.82) is 0 Å². The van der Waals surface area contributed by atoms with Crippen LogP contribution in [0.15, 0.2) is 65.7 Å². The van der Waals surface area contributed by atoms with E-state index >= 15 is 0 Å². The highest BCUT2D eigenvalue weighted by atomic mass is 127. The molecule has 4 rings (SSSR count). The molecule has 0 aliphatic carbocycles. The Morgan fingerprint density at radius 3 is 2.50 bits per heavy atom. The summed E-state index contributed by atoms with van der Waals surface area (Å²) in [7, 11) is 0. The van der Waals surface area contributed by atoms with Crippen LogP contribution in [-0.4, -0.2) is 40.4 Å². The summed E-state index contributed by atoms with van der Waals surface area (Å²) < 4.78 is 2.32. The van der Waals surface area contributed by atoms with Gasteiger partial charge in [-0.3, -0.25) is 4.99 Å². The van der Waals surface area contributed by atoms with Gasteiger partial charge in [-0.25, -0.2) is 0 Å². The number of rotatable bonds is 9. The summed E-state index contributed by atoms with van der Waals surface area (Å²) in [6.45, 7) is 5.51. The number of benzene rings is 2. The second-order valence-electron chi connectivity index (χ2n) is 8.69. The number of fused-ring (bicyclic) bond motifs is 1. The van der Waals surface area contributed by atoms with Crippen LogP contribution < -0.4 is 10.6 Å². The van der Waals surface area contributed by atoms with Crippen LogP contribution in [0.5, 0.6) is 0 Å². The number of aryl methyl sites for hydroxylation is 1.